The van der Waals surface area contributed by atoms with Crippen LogP contribution in [0.15, 0.2) is 40.3 Å². The SMILES string of the molecule is COc1ccccc1N1CCN(S(=O)(=O)c2c(C)sc3ncn(CC(=O)N4CCCCC4)c(=O)c23)CC1. The number of benzene rings is 1. The number of para-hydroxylation sites is 2. The zero-order chi connectivity index (χ0) is 26.2. The highest BCUT2D eigenvalue weighted by atomic mass is 32.2. The summed E-state index contributed by atoms with van der Waals surface area (Å²) in [4.78, 5) is 35.4. The highest BCUT2D eigenvalue weighted by Crippen LogP contribution is 2.34. The number of carbonyl (C=O) groups excluding carboxylic acids is 1. The monoisotopic (exact) mass is 545 g/mol. The van der Waals surface area contributed by atoms with Crippen LogP contribution in [0.25, 0.3) is 10.2 Å². The van der Waals surface area contributed by atoms with Crippen LogP contribution in [0.3, 0.4) is 0 Å². The van der Waals surface area contributed by atoms with Crippen LogP contribution in [0.2, 0.25) is 0 Å². The topological polar surface area (TPSA) is 105 Å². The molecule has 2 fully saturated rings. The van der Waals surface area contributed by atoms with Crippen LogP contribution in [0, 0.1) is 6.92 Å². The first-order valence-electron chi connectivity index (χ1n) is 12.5. The normalized spacial score (nSPS) is 17.4. The van der Waals surface area contributed by atoms with Gasteiger partial charge in [0.05, 0.1) is 24.5 Å². The summed E-state index contributed by atoms with van der Waals surface area (Å²) >= 11 is 1.19. The molecule has 2 aromatic heterocycles. The number of fused-ring (bicyclic) bond motifs is 1. The average molecular weight is 546 g/mol. The summed E-state index contributed by atoms with van der Waals surface area (Å²) in [6.07, 6.45) is 4.35. The maximum atomic E-state index is 13.8. The summed E-state index contributed by atoms with van der Waals surface area (Å²) in [5, 5.41) is 0.0728. The van der Waals surface area contributed by atoms with Gasteiger partial charge in [0.2, 0.25) is 15.9 Å². The van der Waals surface area contributed by atoms with Crippen molar-refractivity contribution in [3.8, 4) is 5.75 Å². The maximum absolute atomic E-state index is 13.8. The summed E-state index contributed by atoms with van der Waals surface area (Å²) in [6.45, 7) is 4.46. The second kappa shape index (κ2) is 10.4. The lowest BCUT2D eigenvalue weighted by atomic mass is 10.1. The van der Waals surface area contributed by atoms with E-state index in [-0.39, 0.29) is 35.8 Å². The minimum Gasteiger partial charge on any atom is -0.495 e. The van der Waals surface area contributed by atoms with Gasteiger partial charge in [-0.3, -0.25) is 14.2 Å². The van der Waals surface area contributed by atoms with Crippen LogP contribution < -0.4 is 15.2 Å². The summed E-state index contributed by atoms with van der Waals surface area (Å²) in [7, 11) is -2.33. The Balaban J connectivity index is 1.41. The molecule has 0 spiro atoms. The standard InChI is InChI=1S/C25H31N5O5S2/c1-18-23(37(33,34)30-14-12-27(13-15-30)19-8-4-5-9-20(19)35-2)22-24(36-18)26-17-29(25(22)32)16-21(31)28-10-6-3-7-11-28/h4-5,8-9,17H,3,6-7,10-16H2,1-2H3. The number of piperidine rings is 1. The van der Waals surface area contributed by atoms with Crippen LogP contribution in [0.5, 0.6) is 5.75 Å². The Hall–Kier alpha value is -2.96. The number of aromatic nitrogens is 2. The van der Waals surface area contributed by atoms with Crippen molar-refractivity contribution in [1.29, 1.82) is 0 Å². The molecule has 0 N–H and O–H groups in total. The molecule has 1 aromatic carbocycles. The Labute approximate surface area is 220 Å². The molecule has 5 rings (SSSR count). The molecule has 4 heterocycles. The molecule has 12 heteroatoms. The van der Waals surface area contributed by atoms with Crippen LogP contribution >= 0.6 is 11.3 Å². The second-order valence-corrected chi connectivity index (χ2v) is 12.4. The van der Waals surface area contributed by atoms with Crippen molar-refractivity contribution in [1.82, 2.24) is 18.8 Å². The van der Waals surface area contributed by atoms with Crippen molar-refractivity contribution in [2.45, 2.75) is 37.6 Å². The van der Waals surface area contributed by atoms with E-state index in [1.54, 1.807) is 18.9 Å². The van der Waals surface area contributed by atoms with Crippen LogP contribution in [0.1, 0.15) is 24.1 Å². The number of aryl methyl sites for hydroxylation is 1. The van der Waals surface area contributed by atoms with Crippen molar-refractivity contribution in [2.24, 2.45) is 0 Å². The molecule has 0 bridgehead atoms. The Bertz CT molecular complexity index is 1470. The summed E-state index contributed by atoms with van der Waals surface area (Å²) in [5.74, 6) is 0.593. The molecular weight excluding hydrogens is 514 g/mol. The number of nitrogens with zero attached hydrogens (tertiary/aromatic N) is 5. The first-order valence-corrected chi connectivity index (χ1v) is 14.7. The van der Waals surface area contributed by atoms with Crippen molar-refractivity contribution in [3.05, 3.63) is 45.8 Å². The van der Waals surface area contributed by atoms with E-state index >= 15 is 0 Å². The van der Waals surface area contributed by atoms with Crippen molar-refractivity contribution < 1.29 is 17.9 Å². The minimum absolute atomic E-state index is 0.00973. The van der Waals surface area contributed by atoms with E-state index in [0.29, 0.717) is 35.9 Å². The Morgan fingerprint density at radius 2 is 1.76 bits per heavy atom. The highest BCUT2D eigenvalue weighted by Gasteiger charge is 2.34. The zero-order valence-electron chi connectivity index (χ0n) is 21.1. The highest BCUT2D eigenvalue weighted by molar-refractivity contribution is 7.89. The number of carbonyl (C=O) groups is 1. The van der Waals surface area contributed by atoms with Crippen LogP contribution in [-0.4, -0.2) is 79.5 Å². The number of anilines is 1. The third-order valence-corrected chi connectivity index (χ3v) is 10.3. The molecule has 2 saturated heterocycles. The van der Waals surface area contributed by atoms with Gasteiger partial charge < -0.3 is 14.5 Å². The van der Waals surface area contributed by atoms with E-state index in [1.165, 1.54) is 26.5 Å². The minimum atomic E-state index is -3.95. The molecule has 10 nitrogen and oxygen atoms in total. The molecule has 198 valence electrons. The van der Waals surface area contributed by atoms with E-state index in [9.17, 15) is 18.0 Å². The van der Waals surface area contributed by atoms with Gasteiger partial charge in [0, 0.05) is 44.1 Å². The smallest absolute Gasteiger partial charge is 0.263 e. The van der Waals surface area contributed by atoms with E-state index in [0.717, 1.165) is 30.7 Å². The Kier molecular flexibility index (Phi) is 7.24. The molecule has 0 unspecified atom stereocenters. The maximum Gasteiger partial charge on any atom is 0.263 e. The van der Waals surface area contributed by atoms with Crippen molar-refractivity contribution >= 4 is 43.2 Å². The summed E-state index contributed by atoms with van der Waals surface area (Å²) < 4.78 is 35.8. The molecule has 2 aliphatic rings. The lowest BCUT2D eigenvalue weighted by Crippen LogP contribution is -2.49. The molecule has 0 aliphatic carbocycles. The number of amides is 1. The van der Waals surface area contributed by atoms with Crippen LogP contribution in [-0.2, 0) is 21.4 Å². The molecule has 0 saturated carbocycles. The number of hydrogen-bond acceptors (Lipinski definition) is 8. The number of rotatable bonds is 6. The first-order chi connectivity index (χ1) is 17.8. The quantitative estimate of drug-likeness (QED) is 0.468. The number of likely N-dealkylation sites (tertiary alicyclic amines) is 1. The number of hydrogen-bond donors (Lipinski definition) is 0. The van der Waals surface area contributed by atoms with Gasteiger partial charge in [-0.2, -0.15) is 4.31 Å². The van der Waals surface area contributed by atoms with Gasteiger partial charge in [-0.15, -0.1) is 11.3 Å². The van der Waals surface area contributed by atoms with E-state index in [4.69, 9.17) is 4.74 Å². The average Bonchev–Trinajstić information content (AvgIpc) is 3.28. The fourth-order valence-corrected chi connectivity index (χ4v) is 8.20. The lowest BCUT2D eigenvalue weighted by Gasteiger charge is -2.35. The third kappa shape index (κ3) is 4.85. The van der Waals surface area contributed by atoms with Gasteiger partial charge in [-0.1, -0.05) is 12.1 Å². The summed E-state index contributed by atoms with van der Waals surface area (Å²) in [6, 6.07) is 7.66. The van der Waals surface area contributed by atoms with Crippen molar-refractivity contribution in [3.63, 3.8) is 0 Å². The third-order valence-electron chi connectivity index (χ3n) is 7.08. The van der Waals surface area contributed by atoms with Gasteiger partial charge in [0.15, 0.2) is 0 Å². The van der Waals surface area contributed by atoms with E-state index < -0.39 is 15.6 Å². The lowest BCUT2D eigenvalue weighted by molar-refractivity contribution is -0.132. The molecule has 0 radical (unpaired) electrons. The van der Waals surface area contributed by atoms with Crippen LogP contribution in [0.4, 0.5) is 5.69 Å². The second-order valence-electron chi connectivity index (χ2n) is 9.35. The molecule has 3 aromatic rings. The fraction of sp³-hybridized carbons (Fsp3) is 0.480. The molecule has 2 aliphatic heterocycles. The predicted molar refractivity (Wildman–Crippen MR) is 143 cm³/mol. The van der Waals surface area contributed by atoms with Gasteiger partial charge in [0.25, 0.3) is 5.56 Å². The molecular formula is C25H31N5O5S2. The predicted octanol–water partition coefficient (Wildman–Crippen LogP) is 2.30. The van der Waals surface area contributed by atoms with E-state index in [1.807, 2.05) is 24.3 Å². The number of methoxy groups -OCH3 is 1. The summed E-state index contributed by atoms with van der Waals surface area (Å²) in [5.41, 5.74) is 0.426. The zero-order valence-corrected chi connectivity index (χ0v) is 22.7. The number of piperazine rings is 1. The first kappa shape index (κ1) is 25.7. The molecule has 37 heavy (non-hydrogen) atoms. The van der Waals surface area contributed by atoms with E-state index in [2.05, 4.69) is 9.88 Å². The van der Waals surface area contributed by atoms with Crippen molar-refractivity contribution in [2.75, 3.05) is 51.3 Å². The Morgan fingerprint density at radius 3 is 2.46 bits per heavy atom. The van der Waals surface area contributed by atoms with Gasteiger partial charge >= 0.3 is 0 Å². The number of ether oxygens (including phenoxy) is 1. The number of thiophene rings is 1. The van der Waals surface area contributed by atoms with Gasteiger partial charge in [-0.25, -0.2) is 13.4 Å². The number of sulfonamides is 1. The van der Waals surface area contributed by atoms with Gasteiger partial charge in [0.1, 0.15) is 22.0 Å². The van der Waals surface area contributed by atoms with Gasteiger partial charge in [-0.05, 0) is 38.3 Å². The Morgan fingerprint density at radius 1 is 1.05 bits per heavy atom. The fourth-order valence-electron chi connectivity index (χ4n) is 5.11. The molecule has 1 amide bonds. The largest absolute Gasteiger partial charge is 0.495 e. The molecule has 0 atom stereocenters.